The van der Waals surface area contributed by atoms with E-state index in [4.69, 9.17) is 16.7 Å². The van der Waals surface area contributed by atoms with Crippen molar-refractivity contribution in [3.05, 3.63) is 34.3 Å². The molecule has 0 bridgehead atoms. The zero-order valence-electron chi connectivity index (χ0n) is 14.5. The summed E-state index contributed by atoms with van der Waals surface area (Å²) in [6.07, 6.45) is 8.23. The van der Waals surface area contributed by atoms with E-state index in [-0.39, 0.29) is 5.91 Å². The van der Waals surface area contributed by atoms with Crippen molar-refractivity contribution in [3.8, 4) is 0 Å². The number of carbonyl (C=O) groups is 2. The quantitative estimate of drug-likeness (QED) is 0.704. The monoisotopic (exact) mass is 366 g/mol. The Morgan fingerprint density at radius 1 is 1.08 bits per heavy atom. The first kappa shape index (κ1) is 19.6. The van der Waals surface area contributed by atoms with E-state index in [1.165, 1.54) is 44.9 Å². The van der Waals surface area contributed by atoms with Gasteiger partial charge in [-0.25, -0.2) is 4.79 Å². The van der Waals surface area contributed by atoms with E-state index in [9.17, 15) is 9.59 Å². The van der Waals surface area contributed by atoms with Crippen LogP contribution < -0.4 is 10.6 Å². The van der Waals surface area contributed by atoms with E-state index in [1.807, 2.05) is 6.07 Å². The molecule has 0 atom stereocenters. The molecule has 1 saturated carbocycles. The highest BCUT2D eigenvalue weighted by atomic mass is 35.5. The summed E-state index contributed by atoms with van der Waals surface area (Å²) in [5, 5.41) is 14.4. The van der Waals surface area contributed by atoms with Gasteiger partial charge in [0.05, 0.1) is 10.6 Å². The fourth-order valence-electron chi connectivity index (χ4n) is 3.29. The molecule has 0 heterocycles. The molecule has 0 aromatic heterocycles. The highest BCUT2D eigenvalue weighted by Gasteiger charge is 2.15. The van der Waals surface area contributed by atoms with Gasteiger partial charge in [-0.1, -0.05) is 49.8 Å². The van der Waals surface area contributed by atoms with Crippen molar-refractivity contribution >= 4 is 23.6 Å². The van der Waals surface area contributed by atoms with Crippen LogP contribution >= 0.6 is 11.6 Å². The van der Waals surface area contributed by atoms with Gasteiger partial charge in [0.15, 0.2) is 0 Å². The molecule has 5 nitrogen and oxygen atoms in total. The molecule has 1 aromatic rings. The van der Waals surface area contributed by atoms with Crippen LogP contribution in [0.5, 0.6) is 0 Å². The molecule has 3 N–H and O–H groups in total. The summed E-state index contributed by atoms with van der Waals surface area (Å²) in [5.74, 6) is 0.395. The highest BCUT2D eigenvalue weighted by Crippen LogP contribution is 2.22. The molecule has 1 fully saturated rings. The molecular formula is C19H27ClN2O3. The van der Waals surface area contributed by atoms with E-state index in [0.29, 0.717) is 36.0 Å². The van der Waals surface area contributed by atoms with E-state index >= 15 is 0 Å². The van der Waals surface area contributed by atoms with Crippen molar-refractivity contribution in [2.24, 2.45) is 5.92 Å². The van der Waals surface area contributed by atoms with Crippen molar-refractivity contribution in [1.29, 1.82) is 0 Å². The lowest BCUT2D eigenvalue weighted by atomic mass is 9.91. The van der Waals surface area contributed by atoms with Crippen LogP contribution in [0, 0.1) is 5.92 Å². The third kappa shape index (κ3) is 6.94. The average molecular weight is 367 g/mol. The predicted molar refractivity (Wildman–Crippen MR) is 99.3 cm³/mol. The number of nitrogens with one attached hydrogen (secondary N) is 2. The summed E-state index contributed by atoms with van der Waals surface area (Å²) in [6, 6.07) is 5.26. The maximum Gasteiger partial charge on any atom is 0.404 e. The molecule has 138 valence electrons. The Morgan fingerprint density at radius 2 is 1.76 bits per heavy atom. The summed E-state index contributed by atoms with van der Waals surface area (Å²) in [4.78, 5) is 23.0. The van der Waals surface area contributed by atoms with Gasteiger partial charge >= 0.3 is 6.09 Å². The van der Waals surface area contributed by atoms with Crippen LogP contribution in [0.25, 0.3) is 0 Å². The highest BCUT2D eigenvalue weighted by molar-refractivity contribution is 6.33. The van der Waals surface area contributed by atoms with Crippen molar-refractivity contribution in [2.75, 3.05) is 13.1 Å². The molecule has 0 unspecified atom stereocenters. The van der Waals surface area contributed by atoms with Crippen LogP contribution in [0.15, 0.2) is 18.2 Å². The number of carboxylic acid groups (broad SMARTS) is 1. The van der Waals surface area contributed by atoms with Crippen molar-refractivity contribution in [1.82, 2.24) is 10.6 Å². The van der Waals surface area contributed by atoms with Gasteiger partial charge in [0.25, 0.3) is 5.91 Å². The van der Waals surface area contributed by atoms with Gasteiger partial charge in [0, 0.05) is 13.1 Å². The number of carbonyl (C=O) groups excluding carboxylic acids is 1. The Morgan fingerprint density at radius 3 is 2.44 bits per heavy atom. The first-order valence-electron chi connectivity index (χ1n) is 9.09. The molecule has 0 aliphatic heterocycles. The average Bonchev–Trinajstić information content (AvgIpc) is 2.55. The maximum atomic E-state index is 12.5. The van der Waals surface area contributed by atoms with Gasteiger partial charge < -0.3 is 15.7 Å². The summed E-state index contributed by atoms with van der Waals surface area (Å²) in [7, 11) is 0. The van der Waals surface area contributed by atoms with Gasteiger partial charge in [-0.3, -0.25) is 4.79 Å². The number of halogens is 1. The Hall–Kier alpha value is -1.75. The summed E-state index contributed by atoms with van der Waals surface area (Å²) in [5.41, 5.74) is 1.34. The lowest BCUT2D eigenvalue weighted by molar-refractivity contribution is 0.0944. The van der Waals surface area contributed by atoms with E-state index < -0.39 is 6.09 Å². The minimum Gasteiger partial charge on any atom is -0.465 e. The molecule has 0 spiro atoms. The molecule has 6 heteroatoms. The molecule has 2 amide bonds. The molecular weight excluding hydrogens is 340 g/mol. The van der Waals surface area contributed by atoms with Crippen LogP contribution in [-0.2, 0) is 6.42 Å². The second-order valence-corrected chi connectivity index (χ2v) is 7.12. The van der Waals surface area contributed by atoms with Gasteiger partial charge in [-0.05, 0) is 42.9 Å². The van der Waals surface area contributed by atoms with Crippen LogP contribution in [0.2, 0.25) is 5.02 Å². The van der Waals surface area contributed by atoms with Crippen LogP contribution in [0.4, 0.5) is 4.79 Å². The normalized spacial score (nSPS) is 15.9. The number of amides is 2. The van der Waals surface area contributed by atoms with Crippen LogP contribution in [0.1, 0.15) is 60.9 Å². The molecule has 1 aromatic carbocycles. The van der Waals surface area contributed by atoms with Gasteiger partial charge in [-0.15, -0.1) is 0 Å². The zero-order chi connectivity index (χ0) is 18.1. The minimum absolute atomic E-state index is 0.153. The zero-order valence-corrected chi connectivity index (χ0v) is 15.3. The van der Waals surface area contributed by atoms with Crippen molar-refractivity contribution in [2.45, 2.75) is 51.4 Å². The fraction of sp³-hybridized carbons (Fsp3) is 0.579. The second-order valence-electron chi connectivity index (χ2n) is 6.72. The number of hydrogen-bond donors (Lipinski definition) is 3. The van der Waals surface area contributed by atoms with Gasteiger partial charge in [0.1, 0.15) is 0 Å². The topological polar surface area (TPSA) is 78.4 Å². The molecule has 0 radical (unpaired) electrons. The SMILES string of the molecule is O=C(O)NCCc1ccc(Cl)c(C(=O)NCC2CCCCCCC2)c1. The smallest absolute Gasteiger partial charge is 0.404 e. The standard InChI is InChI=1S/C19H27ClN2O3/c20-17-9-8-14(10-11-21-19(24)25)12-16(17)18(23)22-13-15-6-4-2-1-3-5-7-15/h8-9,12,15,21H,1-7,10-11,13H2,(H,22,23)(H,24,25). The van der Waals surface area contributed by atoms with Crippen molar-refractivity contribution < 1.29 is 14.7 Å². The molecule has 1 aliphatic carbocycles. The largest absolute Gasteiger partial charge is 0.465 e. The third-order valence-electron chi connectivity index (χ3n) is 4.74. The number of benzene rings is 1. The lowest BCUT2D eigenvalue weighted by Gasteiger charge is -2.20. The molecule has 25 heavy (non-hydrogen) atoms. The molecule has 0 saturated heterocycles. The lowest BCUT2D eigenvalue weighted by Crippen LogP contribution is -2.30. The summed E-state index contributed by atoms with van der Waals surface area (Å²) < 4.78 is 0. The first-order valence-corrected chi connectivity index (χ1v) is 9.47. The van der Waals surface area contributed by atoms with E-state index in [1.54, 1.807) is 12.1 Å². The Kier molecular flexibility index (Phi) is 8.06. The second kappa shape index (κ2) is 10.3. The minimum atomic E-state index is -1.05. The summed E-state index contributed by atoms with van der Waals surface area (Å²) in [6.45, 7) is 1.00. The predicted octanol–water partition coefficient (Wildman–Crippen LogP) is 4.24. The van der Waals surface area contributed by atoms with Gasteiger partial charge in [-0.2, -0.15) is 0 Å². The van der Waals surface area contributed by atoms with E-state index in [0.717, 1.165) is 5.56 Å². The van der Waals surface area contributed by atoms with Crippen LogP contribution in [-0.4, -0.2) is 30.2 Å². The molecule has 1 aliphatic rings. The Bertz CT molecular complexity index is 584. The third-order valence-corrected chi connectivity index (χ3v) is 5.07. The first-order chi connectivity index (χ1) is 12.1. The number of rotatable bonds is 6. The van der Waals surface area contributed by atoms with Crippen molar-refractivity contribution in [3.63, 3.8) is 0 Å². The maximum absolute atomic E-state index is 12.5. The Labute approximate surface area is 154 Å². The summed E-state index contributed by atoms with van der Waals surface area (Å²) >= 11 is 6.17. The molecule has 2 rings (SSSR count). The van der Waals surface area contributed by atoms with Gasteiger partial charge in [0.2, 0.25) is 0 Å². The fourth-order valence-corrected chi connectivity index (χ4v) is 3.50. The number of hydrogen-bond acceptors (Lipinski definition) is 2. The van der Waals surface area contributed by atoms with Crippen LogP contribution in [0.3, 0.4) is 0 Å². The van der Waals surface area contributed by atoms with E-state index in [2.05, 4.69) is 10.6 Å². The Balaban J connectivity index is 1.89.